The van der Waals surface area contributed by atoms with Gasteiger partial charge in [0.1, 0.15) is 31.5 Å². The van der Waals surface area contributed by atoms with Crippen molar-refractivity contribution < 1.29 is 46.3 Å². The van der Waals surface area contributed by atoms with Gasteiger partial charge in [-0.2, -0.15) is 13.2 Å². The quantitative estimate of drug-likeness (QED) is 0.0946. The number of aromatic nitrogens is 1. The number of fused-ring (bicyclic) bond motifs is 1. The van der Waals surface area contributed by atoms with Crippen molar-refractivity contribution in [1.82, 2.24) is 14.8 Å². The fourth-order valence-corrected chi connectivity index (χ4v) is 4.83. The molecule has 0 aliphatic carbocycles. The van der Waals surface area contributed by atoms with E-state index in [2.05, 4.69) is 15.8 Å². The summed E-state index contributed by atoms with van der Waals surface area (Å²) in [7, 11) is 0. The number of alkyl halides is 4. The van der Waals surface area contributed by atoms with Crippen molar-refractivity contribution >= 4 is 40.6 Å². The average Bonchev–Trinajstić information content (AvgIpc) is 3.36. The molecule has 2 amide bonds. The molecule has 0 radical (unpaired) electrons. The number of carbonyl (C=O) groups excluding carboxylic acids is 3. The van der Waals surface area contributed by atoms with E-state index in [9.17, 15) is 27.6 Å². The minimum absolute atomic E-state index is 0.0370. The van der Waals surface area contributed by atoms with E-state index in [1.807, 2.05) is 0 Å². The van der Waals surface area contributed by atoms with E-state index >= 15 is 4.39 Å². The van der Waals surface area contributed by atoms with Crippen LogP contribution in [-0.2, 0) is 32.3 Å². The third kappa shape index (κ3) is 9.98. The molecule has 1 aliphatic rings. The number of nitrogens with one attached hydrogen (secondary N) is 2. The SMILES string of the molecule is CC(C)(C)OC(=O)N1CC[C@@H](Nc2cccc3c2cc(C(N)=NOC(=O)CNC(=O)OCc2ccccc2)n3CC(F)(F)F)[C@@H](F)C1. The van der Waals surface area contributed by atoms with Crippen molar-refractivity contribution in [3.05, 3.63) is 65.9 Å². The Hall–Kier alpha value is -5.02. The van der Waals surface area contributed by atoms with Gasteiger partial charge >= 0.3 is 24.3 Å². The van der Waals surface area contributed by atoms with Gasteiger partial charge < -0.3 is 40.1 Å². The molecule has 47 heavy (non-hydrogen) atoms. The lowest BCUT2D eigenvalue weighted by Crippen LogP contribution is -2.51. The number of oxime groups is 1. The minimum Gasteiger partial charge on any atom is -0.445 e. The number of carbonyl (C=O) groups is 3. The number of nitrogens with two attached hydrogens (primary N) is 1. The molecule has 4 N–H and O–H groups in total. The van der Waals surface area contributed by atoms with E-state index in [0.717, 1.165) is 10.1 Å². The Kier molecular flexibility index (Phi) is 10.8. The summed E-state index contributed by atoms with van der Waals surface area (Å²) in [6.45, 7) is 2.95. The zero-order valence-electron chi connectivity index (χ0n) is 26.0. The van der Waals surface area contributed by atoms with Gasteiger partial charge in [-0.25, -0.2) is 18.8 Å². The Morgan fingerprint density at radius 3 is 2.45 bits per heavy atom. The number of nitrogens with zero attached hydrogens (tertiary/aromatic N) is 3. The molecule has 2 aromatic carbocycles. The van der Waals surface area contributed by atoms with Gasteiger partial charge in [0.05, 0.1) is 23.8 Å². The molecule has 12 nitrogen and oxygen atoms in total. The first-order valence-electron chi connectivity index (χ1n) is 14.7. The molecule has 2 atom stereocenters. The number of halogens is 4. The van der Waals surface area contributed by atoms with Crippen LogP contribution < -0.4 is 16.4 Å². The fraction of sp³-hybridized carbons (Fsp3) is 0.419. The predicted octanol–water partition coefficient (Wildman–Crippen LogP) is 5.05. The molecule has 3 aromatic rings. The van der Waals surface area contributed by atoms with Crippen LogP contribution in [0.15, 0.2) is 59.8 Å². The Morgan fingerprint density at radius 2 is 1.79 bits per heavy atom. The maximum Gasteiger partial charge on any atom is 0.410 e. The highest BCUT2D eigenvalue weighted by Gasteiger charge is 2.35. The first kappa shape index (κ1) is 34.8. The average molecular weight is 665 g/mol. The second-order valence-electron chi connectivity index (χ2n) is 11.8. The van der Waals surface area contributed by atoms with E-state index in [0.29, 0.717) is 5.69 Å². The maximum atomic E-state index is 15.2. The summed E-state index contributed by atoms with van der Waals surface area (Å²) in [5.41, 5.74) is 6.18. The summed E-state index contributed by atoms with van der Waals surface area (Å²) in [4.78, 5) is 42.4. The third-order valence-corrected chi connectivity index (χ3v) is 6.92. The van der Waals surface area contributed by atoms with Gasteiger partial charge in [-0.15, -0.1) is 0 Å². The number of benzene rings is 2. The lowest BCUT2D eigenvalue weighted by molar-refractivity contribution is -0.143. The molecule has 0 spiro atoms. The highest BCUT2D eigenvalue weighted by molar-refractivity contribution is 6.04. The number of ether oxygens (including phenoxy) is 2. The topological polar surface area (TPSA) is 150 Å². The number of rotatable bonds is 9. The molecule has 0 unspecified atom stereocenters. The lowest BCUT2D eigenvalue weighted by Gasteiger charge is -2.36. The Balaban J connectivity index is 1.45. The number of amidine groups is 1. The van der Waals surface area contributed by atoms with Gasteiger partial charge in [0, 0.05) is 17.6 Å². The van der Waals surface area contributed by atoms with Gasteiger partial charge in [-0.1, -0.05) is 41.6 Å². The van der Waals surface area contributed by atoms with Crippen molar-refractivity contribution in [3.63, 3.8) is 0 Å². The largest absolute Gasteiger partial charge is 0.445 e. The van der Waals surface area contributed by atoms with E-state index in [-0.39, 0.29) is 42.7 Å². The van der Waals surface area contributed by atoms with Crippen LogP contribution in [0.4, 0.5) is 32.8 Å². The standard InChI is InChI=1S/C31H36F4N6O6/c1-30(2,3)46-29(44)40-13-12-23(21(32)16-40)38-22-10-7-11-24-20(22)14-25(41(24)18-31(33,34)35)27(36)39-47-26(42)15-37-28(43)45-17-19-8-5-4-6-9-19/h4-11,14,21,23,38H,12-13,15-18H2,1-3H3,(H2,36,39)(H,37,43)/t21-,23+/m0/s1. The summed E-state index contributed by atoms with van der Waals surface area (Å²) < 4.78 is 67.3. The van der Waals surface area contributed by atoms with Crippen molar-refractivity contribution in [2.24, 2.45) is 10.9 Å². The highest BCUT2D eigenvalue weighted by atomic mass is 19.4. The van der Waals surface area contributed by atoms with Crippen LogP contribution in [-0.4, -0.2) is 77.1 Å². The van der Waals surface area contributed by atoms with Crippen molar-refractivity contribution in [1.29, 1.82) is 0 Å². The number of piperidine rings is 1. The molecule has 0 saturated carbocycles. The van der Waals surface area contributed by atoms with Crippen LogP contribution in [0.1, 0.15) is 38.4 Å². The summed E-state index contributed by atoms with van der Waals surface area (Å²) >= 11 is 0. The number of hydrogen-bond donors (Lipinski definition) is 3. The van der Waals surface area contributed by atoms with Gasteiger partial charge in [0.15, 0.2) is 5.84 Å². The molecule has 1 fully saturated rings. The smallest absolute Gasteiger partial charge is 0.410 e. The van der Waals surface area contributed by atoms with Crippen LogP contribution in [0.2, 0.25) is 0 Å². The zero-order chi connectivity index (χ0) is 34.4. The molecule has 16 heteroatoms. The maximum absolute atomic E-state index is 15.2. The molecule has 1 aromatic heterocycles. The third-order valence-electron chi connectivity index (χ3n) is 6.92. The Labute approximate surface area is 267 Å². The highest BCUT2D eigenvalue weighted by Crippen LogP contribution is 2.32. The number of alkyl carbamates (subject to hydrolysis) is 1. The molecule has 0 bridgehead atoms. The second-order valence-corrected chi connectivity index (χ2v) is 11.8. The predicted molar refractivity (Wildman–Crippen MR) is 164 cm³/mol. The zero-order valence-corrected chi connectivity index (χ0v) is 26.0. The van der Waals surface area contributed by atoms with Crippen LogP contribution in [0.5, 0.6) is 0 Å². The second kappa shape index (κ2) is 14.6. The molecular formula is C31H36F4N6O6. The fourth-order valence-electron chi connectivity index (χ4n) is 4.83. The monoisotopic (exact) mass is 664 g/mol. The normalized spacial score (nSPS) is 17.3. The number of hydrogen-bond acceptors (Lipinski definition) is 8. The molecule has 4 rings (SSSR count). The number of amides is 2. The van der Waals surface area contributed by atoms with Gasteiger partial charge in [-0.3, -0.25) is 0 Å². The van der Waals surface area contributed by atoms with Crippen molar-refractivity contribution in [3.8, 4) is 0 Å². The van der Waals surface area contributed by atoms with Crippen molar-refractivity contribution in [2.45, 2.75) is 64.3 Å². The summed E-state index contributed by atoms with van der Waals surface area (Å²) in [6, 6.07) is 13.9. The first-order chi connectivity index (χ1) is 22.1. The molecule has 1 saturated heterocycles. The minimum atomic E-state index is -4.66. The van der Waals surface area contributed by atoms with Gasteiger partial charge in [-0.05, 0) is 51.0 Å². The van der Waals surface area contributed by atoms with Crippen LogP contribution in [0, 0.1) is 0 Å². The van der Waals surface area contributed by atoms with E-state index in [1.165, 1.54) is 23.1 Å². The Morgan fingerprint density at radius 1 is 1.06 bits per heavy atom. The van der Waals surface area contributed by atoms with Crippen LogP contribution in [0.25, 0.3) is 10.9 Å². The first-order valence-corrected chi connectivity index (χ1v) is 14.7. The molecule has 2 heterocycles. The molecular weight excluding hydrogens is 628 g/mol. The Bertz CT molecular complexity index is 1610. The molecule has 1 aliphatic heterocycles. The van der Waals surface area contributed by atoms with Crippen LogP contribution in [0.3, 0.4) is 0 Å². The number of anilines is 1. The summed E-state index contributed by atoms with van der Waals surface area (Å²) in [5, 5.41) is 9.01. The van der Waals surface area contributed by atoms with Crippen LogP contribution >= 0.6 is 0 Å². The molecule has 254 valence electrons. The summed E-state index contributed by atoms with van der Waals surface area (Å²) in [5.74, 6) is -1.61. The van der Waals surface area contributed by atoms with Gasteiger partial charge in [0.2, 0.25) is 0 Å². The van der Waals surface area contributed by atoms with E-state index in [4.69, 9.17) is 20.0 Å². The number of likely N-dealkylation sites (tertiary alicyclic amines) is 1. The van der Waals surface area contributed by atoms with E-state index < -0.39 is 61.1 Å². The van der Waals surface area contributed by atoms with Gasteiger partial charge in [0.25, 0.3) is 0 Å². The van der Waals surface area contributed by atoms with Crippen molar-refractivity contribution in [2.75, 3.05) is 25.0 Å². The van der Waals surface area contributed by atoms with E-state index in [1.54, 1.807) is 57.2 Å². The lowest BCUT2D eigenvalue weighted by atomic mass is 10.0. The summed E-state index contributed by atoms with van der Waals surface area (Å²) in [6.07, 6.45) is -7.49.